The van der Waals surface area contributed by atoms with Crippen molar-refractivity contribution in [3.05, 3.63) is 35.9 Å². The summed E-state index contributed by atoms with van der Waals surface area (Å²) in [5, 5.41) is 3.56. The third-order valence-corrected chi connectivity index (χ3v) is 3.53. The predicted octanol–water partition coefficient (Wildman–Crippen LogP) is 2.75. The van der Waals surface area contributed by atoms with E-state index in [1.165, 1.54) is 18.4 Å². The van der Waals surface area contributed by atoms with Crippen LogP contribution in [0.4, 0.5) is 0 Å². The van der Waals surface area contributed by atoms with Crippen LogP contribution < -0.4 is 11.1 Å². The van der Waals surface area contributed by atoms with E-state index in [4.69, 9.17) is 5.73 Å². The lowest BCUT2D eigenvalue weighted by atomic mass is 9.98. The second-order valence-electron chi connectivity index (χ2n) is 4.68. The molecule has 3 N–H and O–H groups in total. The molecule has 0 fully saturated rings. The van der Waals surface area contributed by atoms with Crippen molar-refractivity contribution < 1.29 is 0 Å². The lowest BCUT2D eigenvalue weighted by Gasteiger charge is -2.19. The quantitative estimate of drug-likeness (QED) is 0.726. The zero-order valence-electron chi connectivity index (χ0n) is 11.2. The fraction of sp³-hybridized carbons (Fsp3) is 0.600. The van der Waals surface area contributed by atoms with Crippen LogP contribution in [0, 0.1) is 5.92 Å². The van der Waals surface area contributed by atoms with Gasteiger partial charge in [-0.2, -0.15) is 0 Å². The summed E-state index contributed by atoms with van der Waals surface area (Å²) in [5.74, 6) is 1.23. The first-order valence-electron chi connectivity index (χ1n) is 6.77. The molecule has 1 aromatic carbocycles. The van der Waals surface area contributed by atoms with Crippen LogP contribution in [0.5, 0.6) is 0 Å². The van der Waals surface area contributed by atoms with Crippen LogP contribution in [0.3, 0.4) is 0 Å². The van der Waals surface area contributed by atoms with Crippen molar-refractivity contribution in [2.75, 3.05) is 19.6 Å². The second kappa shape index (κ2) is 8.26. The normalized spacial score (nSPS) is 12.9. The molecule has 0 bridgehead atoms. The van der Waals surface area contributed by atoms with E-state index < -0.39 is 0 Å². The summed E-state index contributed by atoms with van der Waals surface area (Å²) < 4.78 is 0. The van der Waals surface area contributed by atoms with E-state index >= 15 is 0 Å². The van der Waals surface area contributed by atoms with Gasteiger partial charge >= 0.3 is 0 Å². The predicted molar refractivity (Wildman–Crippen MR) is 75.2 cm³/mol. The molecule has 0 radical (unpaired) electrons. The van der Waals surface area contributed by atoms with Gasteiger partial charge in [-0.15, -0.1) is 0 Å². The van der Waals surface area contributed by atoms with Crippen LogP contribution in [0.15, 0.2) is 30.3 Å². The van der Waals surface area contributed by atoms with E-state index in [0.717, 1.165) is 19.0 Å². The highest BCUT2D eigenvalue weighted by Crippen LogP contribution is 2.13. The molecule has 0 heterocycles. The first-order valence-corrected chi connectivity index (χ1v) is 6.77. The second-order valence-corrected chi connectivity index (χ2v) is 4.68. The third kappa shape index (κ3) is 4.88. The van der Waals surface area contributed by atoms with Crippen molar-refractivity contribution in [2.45, 2.75) is 32.6 Å². The average molecular weight is 234 g/mol. The van der Waals surface area contributed by atoms with Crippen LogP contribution in [-0.4, -0.2) is 19.6 Å². The van der Waals surface area contributed by atoms with Gasteiger partial charge in [-0.05, 0) is 18.0 Å². The molecule has 1 atom stereocenters. The molecular formula is C15H26N2. The monoisotopic (exact) mass is 234 g/mol. The first-order chi connectivity index (χ1) is 8.31. The Morgan fingerprint density at radius 3 is 2.24 bits per heavy atom. The molecule has 0 saturated heterocycles. The van der Waals surface area contributed by atoms with Crippen LogP contribution in [0.1, 0.15) is 38.2 Å². The lowest BCUT2D eigenvalue weighted by Crippen LogP contribution is -2.30. The van der Waals surface area contributed by atoms with E-state index in [2.05, 4.69) is 49.5 Å². The highest BCUT2D eigenvalue weighted by atomic mass is 14.9. The number of rotatable bonds is 8. The minimum absolute atomic E-state index is 0.436. The van der Waals surface area contributed by atoms with Crippen LogP contribution >= 0.6 is 0 Å². The van der Waals surface area contributed by atoms with Crippen molar-refractivity contribution >= 4 is 0 Å². The van der Waals surface area contributed by atoms with Gasteiger partial charge in [-0.3, -0.25) is 0 Å². The van der Waals surface area contributed by atoms with E-state index in [-0.39, 0.29) is 0 Å². The number of nitrogens with one attached hydrogen (secondary N) is 1. The van der Waals surface area contributed by atoms with Gasteiger partial charge in [-0.25, -0.2) is 0 Å². The SMILES string of the molecule is CCC(CC)CNCC(CN)c1ccccc1. The van der Waals surface area contributed by atoms with E-state index in [1.54, 1.807) is 0 Å². The largest absolute Gasteiger partial charge is 0.330 e. The Kier molecular flexibility index (Phi) is 6.90. The Labute approximate surface area is 106 Å². The van der Waals surface area contributed by atoms with Gasteiger partial charge in [0.05, 0.1) is 0 Å². The molecule has 0 aliphatic rings. The van der Waals surface area contributed by atoms with Gasteiger partial charge in [-0.1, -0.05) is 57.0 Å². The molecule has 1 unspecified atom stereocenters. The Balaban J connectivity index is 2.38. The van der Waals surface area contributed by atoms with Crippen molar-refractivity contribution in [3.8, 4) is 0 Å². The summed E-state index contributed by atoms with van der Waals surface area (Å²) in [6, 6.07) is 10.5. The molecule has 0 saturated carbocycles. The van der Waals surface area contributed by atoms with E-state index in [0.29, 0.717) is 12.5 Å². The Hall–Kier alpha value is -0.860. The maximum absolute atomic E-state index is 5.85. The number of hydrogen-bond acceptors (Lipinski definition) is 2. The Bertz CT molecular complexity index is 280. The highest BCUT2D eigenvalue weighted by Gasteiger charge is 2.09. The van der Waals surface area contributed by atoms with Crippen molar-refractivity contribution in [3.63, 3.8) is 0 Å². The summed E-state index contributed by atoms with van der Waals surface area (Å²) in [7, 11) is 0. The number of benzene rings is 1. The molecule has 0 aliphatic carbocycles. The van der Waals surface area contributed by atoms with Gasteiger partial charge in [0, 0.05) is 19.0 Å². The fourth-order valence-electron chi connectivity index (χ4n) is 2.10. The molecule has 1 rings (SSSR count). The van der Waals surface area contributed by atoms with E-state index in [1.807, 2.05) is 0 Å². The molecule has 0 amide bonds. The maximum Gasteiger partial charge on any atom is 0.00863 e. The molecule has 96 valence electrons. The minimum Gasteiger partial charge on any atom is -0.330 e. The number of hydrogen-bond donors (Lipinski definition) is 2. The highest BCUT2D eigenvalue weighted by molar-refractivity contribution is 5.20. The van der Waals surface area contributed by atoms with Gasteiger partial charge < -0.3 is 11.1 Å². The fourth-order valence-corrected chi connectivity index (χ4v) is 2.10. The standard InChI is InChI=1S/C15H26N2/c1-3-13(4-2)11-17-12-15(10-16)14-8-6-5-7-9-14/h5-9,13,15,17H,3-4,10-12,16H2,1-2H3. The van der Waals surface area contributed by atoms with Crippen molar-refractivity contribution in [1.29, 1.82) is 0 Å². The summed E-state index contributed by atoms with van der Waals surface area (Å²) >= 11 is 0. The van der Waals surface area contributed by atoms with E-state index in [9.17, 15) is 0 Å². The van der Waals surface area contributed by atoms with Crippen molar-refractivity contribution in [2.24, 2.45) is 11.7 Å². The summed E-state index contributed by atoms with van der Waals surface area (Å²) in [4.78, 5) is 0. The zero-order valence-corrected chi connectivity index (χ0v) is 11.2. The number of nitrogens with two attached hydrogens (primary N) is 1. The van der Waals surface area contributed by atoms with Gasteiger partial charge in [0.1, 0.15) is 0 Å². The average Bonchev–Trinajstić information content (AvgIpc) is 2.40. The molecule has 0 spiro atoms. The zero-order chi connectivity index (χ0) is 12.5. The molecule has 2 nitrogen and oxygen atoms in total. The van der Waals surface area contributed by atoms with Gasteiger partial charge in [0.25, 0.3) is 0 Å². The molecule has 1 aromatic rings. The van der Waals surface area contributed by atoms with Crippen molar-refractivity contribution in [1.82, 2.24) is 5.32 Å². The smallest absolute Gasteiger partial charge is 0.00863 e. The lowest BCUT2D eigenvalue weighted by molar-refractivity contribution is 0.439. The first kappa shape index (κ1) is 14.2. The Morgan fingerprint density at radius 2 is 1.71 bits per heavy atom. The van der Waals surface area contributed by atoms with Crippen LogP contribution in [0.2, 0.25) is 0 Å². The summed E-state index contributed by atoms with van der Waals surface area (Å²) in [6.07, 6.45) is 2.50. The maximum atomic E-state index is 5.85. The summed E-state index contributed by atoms with van der Waals surface area (Å²) in [5.41, 5.74) is 7.19. The minimum atomic E-state index is 0.436. The topological polar surface area (TPSA) is 38.0 Å². The van der Waals surface area contributed by atoms with Crippen LogP contribution in [0.25, 0.3) is 0 Å². The summed E-state index contributed by atoms with van der Waals surface area (Å²) in [6.45, 7) is 7.31. The Morgan fingerprint density at radius 1 is 1.06 bits per heavy atom. The van der Waals surface area contributed by atoms with Crippen LogP contribution in [-0.2, 0) is 0 Å². The third-order valence-electron chi connectivity index (χ3n) is 3.53. The molecule has 17 heavy (non-hydrogen) atoms. The molecule has 2 heteroatoms. The van der Waals surface area contributed by atoms with Gasteiger partial charge in [0.2, 0.25) is 0 Å². The molecular weight excluding hydrogens is 208 g/mol. The van der Waals surface area contributed by atoms with Gasteiger partial charge in [0.15, 0.2) is 0 Å². The molecule has 0 aromatic heterocycles. The molecule has 0 aliphatic heterocycles.